The van der Waals surface area contributed by atoms with Gasteiger partial charge in [-0.25, -0.2) is 9.97 Å². The number of thioether (sulfide) groups is 1. The molecule has 0 N–H and O–H groups in total. The Labute approximate surface area is 170 Å². The lowest BCUT2D eigenvalue weighted by molar-refractivity contribution is -0.129. The Hall–Kier alpha value is -2.38. The van der Waals surface area contributed by atoms with Crippen LogP contribution < -0.4 is 0 Å². The minimum Gasteiger partial charge on any atom is -0.440 e. The molecule has 0 spiro atoms. The summed E-state index contributed by atoms with van der Waals surface area (Å²) in [4.78, 5) is 23.8. The van der Waals surface area contributed by atoms with Gasteiger partial charge in [-0.15, -0.1) is 11.3 Å². The van der Waals surface area contributed by atoms with E-state index in [1.165, 1.54) is 11.8 Å². The molecule has 0 radical (unpaired) electrons. The minimum atomic E-state index is 0.181. The Morgan fingerprint density at radius 1 is 1.07 bits per heavy atom. The van der Waals surface area contributed by atoms with Crippen LogP contribution in [0.5, 0.6) is 0 Å². The Balaban J connectivity index is 1.17. The molecular formula is C21H19N3O2S2. The number of amides is 1. The lowest BCUT2D eigenvalue weighted by Crippen LogP contribution is -2.39. The molecule has 2 aromatic heterocycles. The van der Waals surface area contributed by atoms with Gasteiger partial charge in [0.25, 0.3) is 0 Å². The molecule has 1 fully saturated rings. The molecule has 1 aliphatic rings. The molecule has 2 aromatic carbocycles. The highest BCUT2D eigenvalue weighted by molar-refractivity contribution is 8.01. The first-order chi connectivity index (χ1) is 13.8. The third-order valence-electron chi connectivity index (χ3n) is 5.10. The van der Waals surface area contributed by atoms with Gasteiger partial charge in [0.15, 0.2) is 15.8 Å². The summed E-state index contributed by atoms with van der Waals surface area (Å²) in [7, 11) is 0. The van der Waals surface area contributed by atoms with Gasteiger partial charge in [0, 0.05) is 19.0 Å². The molecule has 5 nitrogen and oxygen atoms in total. The summed E-state index contributed by atoms with van der Waals surface area (Å²) in [6.07, 6.45) is 1.79. The molecule has 0 aliphatic carbocycles. The number of thiazole rings is 1. The highest BCUT2D eigenvalue weighted by atomic mass is 32.2. The average molecular weight is 410 g/mol. The SMILES string of the molecule is O=C(CSc1nc2ccccc2s1)N1CCC(c2nc3ccccc3o2)CC1. The van der Waals surface area contributed by atoms with E-state index in [9.17, 15) is 4.79 Å². The van der Waals surface area contributed by atoms with Crippen molar-refractivity contribution < 1.29 is 9.21 Å². The molecular weight excluding hydrogens is 390 g/mol. The van der Waals surface area contributed by atoms with Gasteiger partial charge in [-0.3, -0.25) is 4.79 Å². The zero-order valence-corrected chi connectivity index (χ0v) is 16.8. The normalized spacial score (nSPS) is 15.5. The molecule has 142 valence electrons. The summed E-state index contributed by atoms with van der Waals surface area (Å²) in [5.41, 5.74) is 2.74. The van der Waals surface area contributed by atoms with Crippen molar-refractivity contribution >= 4 is 50.3 Å². The van der Waals surface area contributed by atoms with E-state index in [-0.39, 0.29) is 11.8 Å². The largest absolute Gasteiger partial charge is 0.440 e. The molecule has 0 unspecified atom stereocenters. The van der Waals surface area contributed by atoms with E-state index < -0.39 is 0 Å². The number of para-hydroxylation sites is 3. The Morgan fingerprint density at radius 3 is 2.61 bits per heavy atom. The summed E-state index contributed by atoms with van der Waals surface area (Å²) >= 11 is 3.18. The van der Waals surface area contributed by atoms with E-state index in [1.54, 1.807) is 11.3 Å². The average Bonchev–Trinajstić information content (AvgIpc) is 3.35. The summed E-state index contributed by atoms with van der Waals surface area (Å²) in [6.45, 7) is 1.51. The van der Waals surface area contributed by atoms with Gasteiger partial charge in [-0.2, -0.15) is 0 Å². The zero-order valence-electron chi connectivity index (χ0n) is 15.2. The van der Waals surface area contributed by atoms with Gasteiger partial charge in [-0.1, -0.05) is 36.0 Å². The van der Waals surface area contributed by atoms with Gasteiger partial charge in [-0.05, 0) is 37.1 Å². The number of likely N-dealkylation sites (tertiary alicyclic amines) is 1. The quantitative estimate of drug-likeness (QED) is 0.447. The second-order valence-electron chi connectivity index (χ2n) is 6.91. The molecule has 1 saturated heterocycles. The van der Waals surface area contributed by atoms with Gasteiger partial charge in [0.2, 0.25) is 5.91 Å². The lowest BCUT2D eigenvalue weighted by Gasteiger charge is -2.30. The summed E-state index contributed by atoms with van der Waals surface area (Å²) < 4.78 is 8.03. The minimum absolute atomic E-state index is 0.181. The number of fused-ring (bicyclic) bond motifs is 2. The molecule has 28 heavy (non-hydrogen) atoms. The van der Waals surface area contributed by atoms with Gasteiger partial charge in [0.05, 0.1) is 16.0 Å². The Morgan fingerprint density at radius 2 is 1.82 bits per heavy atom. The molecule has 3 heterocycles. The summed E-state index contributed by atoms with van der Waals surface area (Å²) in [6, 6.07) is 15.9. The van der Waals surface area contributed by atoms with Crippen molar-refractivity contribution in [3.63, 3.8) is 0 Å². The van der Waals surface area contributed by atoms with Gasteiger partial charge >= 0.3 is 0 Å². The number of aromatic nitrogens is 2. The van der Waals surface area contributed by atoms with E-state index >= 15 is 0 Å². The van der Waals surface area contributed by atoms with Crippen molar-refractivity contribution in [2.24, 2.45) is 0 Å². The number of hydrogen-bond donors (Lipinski definition) is 0. The highest BCUT2D eigenvalue weighted by Gasteiger charge is 2.27. The second-order valence-corrected chi connectivity index (χ2v) is 9.16. The number of hydrogen-bond acceptors (Lipinski definition) is 6. The van der Waals surface area contributed by atoms with Gasteiger partial charge in [0.1, 0.15) is 5.52 Å². The van der Waals surface area contributed by atoms with Crippen molar-refractivity contribution in [2.45, 2.75) is 23.1 Å². The predicted octanol–water partition coefficient (Wildman–Crippen LogP) is 4.94. The number of piperidine rings is 1. The maximum absolute atomic E-state index is 12.6. The standard InChI is InChI=1S/C21H19N3O2S2/c25-19(13-27-21-23-16-6-2-4-8-18(16)28-21)24-11-9-14(10-12-24)20-22-15-5-1-3-7-17(15)26-20/h1-8,14H,9-13H2. The Kier molecular flexibility index (Phi) is 4.78. The molecule has 0 saturated carbocycles. The van der Waals surface area contributed by atoms with Crippen LogP contribution >= 0.6 is 23.1 Å². The number of benzene rings is 2. The van der Waals surface area contributed by atoms with Crippen LogP contribution in [-0.2, 0) is 4.79 Å². The van der Waals surface area contributed by atoms with Crippen LogP contribution in [0.15, 0.2) is 57.3 Å². The smallest absolute Gasteiger partial charge is 0.233 e. The van der Waals surface area contributed by atoms with E-state index in [0.717, 1.165) is 57.5 Å². The number of rotatable bonds is 4. The molecule has 1 amide bonds. The molecule has 7 heteroatoms. The maximum atomic E-state index is 12.6. The second kappa shape index (κ2) is 7.56. The summed E-state index contributed by atoms with van der Waals surface area (Å²) in [5, 5.41) is 0. The molecule has 5 rings (SSSR count). The van der Waals surface area contributed by atoms with Gasteiger partial charge < -0.3 is 9.32 Å². The fourth-order valence-electron chi connectivity index (χ4n) is 3.57. The first kappa shape index (κ1) is 17.7. The predicted molar refractivity (Wildman–Crippen MR) is 113 cm³/mol. The van der Waals surface area contributed by atoms with Crippen molar-refractivity contribution in [1.29, 1.82) is 0 Å². The van der Waals surface area contributed by atoms with E-state index in [4.69, 9.17) is 4.42 Å². The zero-order chi connectivity index (χ0) is 18.9. The van der Waals surface area contributed by atoms with Crippen LogP contribution in [-0.4, -0.2) is 39.6 Å². The van der Waals surface area contributed by atoms with Crippen molar-refractivity contribution in [3.05, 3.63) is 54.4 Å². The first-order valence-corrected chi connectivity index (χ1v) is 11.2. The number of oxazole rings is 1. The highest BCUT2D eigenvalue weighted by Crippen LogP contribution is 2.32. The molecule has 0 atom stereocenters. The number of carbonyl (C=O) groups is 1. The van der Waals surface area contributed by atoms with Crippen molar-refractivity contribution in [3.8, 4) is 0 Å². The topological polar surface area (TPSA) is 59.2 Å². The fraction of sp³-hybridized carbons (Fsp3) is 0.286. The van der Waals surface area contributed by atoms with Crippen LogP contribution in [0.2, 0.25) is 0 Å². The molecule has 0 bridgehead atoms. The van der Waals surface area contributed by atoms with Crippen LogP contribution in [0.1, 0.15) is 24.7 Å². The van der Waals surface area contributed by atoms with E-state index in [2.05, 4.69) is 16.0 Å². The third kappa shape index (κ3) is 3.52. The Bertz CT molecular complexity index is 1060. The monoisotopic (exact) mass is 409 g/mol. The fourth-order valence-corrected chi connectivity index (χ4v) is 5.54. The number of nitrogens with zero attached hydrogens (tertiary/aromatic N) is 3. The lowest BCUT2D eigenvalue weighted by atomic mass is 9.97. The summed E-state index contributed by atoms with van der Waals surface area (Å²) in [5.74, 6) is 1.71. The molecule has 1 aliphatic heterocycles. The number of carbonyl (C=O) groups excluding carboxylic acids is 1. The van der Waals surface area contributed by atoms with Crippen LogP contribution in [0.4, 0.5) is 0 Å². The van der Waals surface area contributed by atoms with Crippen LogP contribution in [0.3, 0.4) is 0 Å². The van der Waals surface area contributed by atoms with E-state index in [1.807, 2.05) is 47.4 Å². The van der Waals surface area contributed by atoms with Crippen molar-refractivity contribution in [1.82, 2.24) is 14.9 Å². The molecule has 4 aromatic rings. The first-order valence-electron chi connectivity index (χ1n) is 9.38. The van der Waals surface area contributed by atoms with Crippen LogP contribution in [0.25, 0.3) is 21.3 Å². The maximum Gasteiger partial charge on any atom is 0.233 e. The van der Waals surface area contributed by atoms with Crippen molar-refractivity contribution in [2.75, 3.05) is 18.8 Å². The third-order valence-corrected chi connectivity index (χ3v) is 7.26. The van der Waals surface area contributed by atoms with E-state index in [0.29, 0.717) is 5.75 Å². The van der Waals surface area contributed by atoms with Crippen LogP contribution in [0, 0.1) is 0 Å².